The molecule has 4 heteroatoms. The molecule has 1 aromatic heterocycles. The maximum absolute atomic E-state index is 12.1. The molecular weight excluding hydrogens is 226 g/mol. The topological polar surface area (TPSA) is 68.0 Å². The average molecular weight is 245 g/mol. The summed E-state index contributed by atoms with van der Waals surface area (Å²) in [5.74, 6) is 1.84. The van der Waals surface area contributed by atoms with Crippen LogP contribution in [0.15, 0.2) is 18.2 Å². The Labute approximate surface area is 107 Å². The first kappa shape index (κ1) is 11.5. The van der Waals surface area contributed by atoms with E-state index in [9.17, 15) is 4.79 Å². The van der Waals surface area contributed by atoms with Crippen LogP contribution >= 0.6 is 0 Å². The van der Waals surface area contributed by atoms with Crippen LogP contribution in [0.5, 0.6) is 0 Å². The fourth-order valence-electron chi connectivity index (χ4n) is 3.56. The lowest BCUT2D eigenvalue weighted by molar-refractivity contribution is 0.0921. The minimum atomic E-state index is -0.0835. The minimum Gasteiger partial charge on any atom is -0.384 e. The third-order valence-electron chi connectivity index (χ3n) is 4.40. The second-order valence-corrected chi connectivity index (χ2v) is 5.46. The van der Waals surface area contributed by atoms with Crippen LogP contribution in [0.2, 0.25) is 0 Å². The normalized spacial score (nSPS) is 30.1. The number of carbonyl (C=O) groups excluding carboxylic acids is 1. The Morgan fingerprint density at radius 3 is 3.00 bits per heavy atom. The van der Waals surface area contributed by atoms with E-state index in [1.54, 1.807) is 18.2 Å². The number of rotatable bonds is 2. The first-order valence-electron chi connectivity index (χ1n) is 6.77. The van der Waals surface area contributed by atoms with E-state index in [2.05, 4.69) is 10.3 Å². The van der Waals surface area contributed by atoms with Crippen LogP contribution in [0, 0.1) is 11.8 Å². The van der Waals surface area contributed by atoms with Crippen molar-refractivity contribution in [1.82, 2.24) is 10.3 Å². The molecule has 2 fully saturated rings. The maximum Gasteiger partial charge on any atom is 0.270 e. The van der Waals surface area contributed by atoms with Gasteiger partial charge in [-0.2, -0.15) is 0 Å². The van der Waals surface area contributed by atoms with Crippen molar-refractivity contribution in [2.45, 2.75) is 38.1 Å². The molecule has 4 nitrogen and oxygen atoms in total. The molecular formula is C14H19N3O. The van der Waals surface area contributed by atoms with Crippen molar-refractivity contribution in [1.29, 1.82) is 0 Å². The number of carbonyl (C=O) groups is 1. The zero-order chi connectivity index (χ0) is 12.5. The molecule has 0 aromatic carbocycles. The summed E-state index contributed by atoms with van der Waals surface area (Å²) in [7, 11) is 0. The van der Waals surface area contributed by atoms with E-state index in [-0.39, 0.29) is 5.91 Å². The molecule has 3 N–H and O–H groups in total. The largest absolute Gasteiger partial charge is 0.384 e. The predicted molar refractivity (Wildman–Crippen MR) is 70.0 cm³/mol. The van der Waals surface area contributed by atoms with Gasteiger partial charge < -0.3 is 11.1 Å². The van der Waals surface area contributed by atoms with Gasteiger partial charge in [0.2, 0.25) is 0 Å². The lowest BCUT2D eigenvalue weighted by atomic mass is 9.97. The van der Waals surface area contributed by atoms with Crippen molar-refractivity contribution < 1.29 is 4.79 Å². The minimum absolute atomic E-state index is 0.0835. The Morgan fingerprint density at radius 2 is 2.17 bits per heavy atom. The van der Waals surface area contributed by atoms with Crippen LogP contribution in [0.25, 0.3) is 0 Å². The van der Waals surface area contributed by atoms with E-state index < -0.39 is 0 Å². The summed E-state index contributed by atoms with van der Waals surface area (Å²) >= 11 is 0. The van der Waals surface area contributed by atoms with Gasteiger partial charge in [0, 0.05) is 6.04 Å². The third kappa shape index (κ3) is 2.07. The highest BCUT2D eigenvalue weighted by Crippen LogP contribution is 2.43. The number of nitrogens with one attached hydrogen (secondary N) is 1. The summed E-state index contributed by atoms with van der Waals surface area (Å²) in [6.45, 7) is 0. The fraction of sp³-hybridized carbons (Fsp3) is 0.571. The number of nitrogens with two attached hydrogens (primary N) is 1. The molecule has 3 atom stereocenters. The van der Waals surface area contributed by atoms with Gasteiger partial charge in [0.25, 0.3) is 5.91 Å². The Kier molecular flexibility index (Phi) is 2.94. The molecule has 0 radical (unpaired) electrons. The Balaban J connectivity index is 1.68. The number of nitrogens with zero attached hydrogens (tertiary/aromatic N) is 1. The van der Waals surface area contributed by atoms with Gasteiger partial charge >= 0.3 is 0 Å². The van der Waals surface area contributed by atoms with Gasteiger partial charge in [0.15, 0.2) is 0 Å². The maximum atomic E-state index is 12.1. The number of aromatic nitrogens is 1. The van der Waals surface area contributed by atoms with Crippen molar-refractivity contribution >= 4 is 11.7 Å². The number of pyridine rings is 1. The van der Waals surface area contributed by atoms with Crippen LogP contribution in [0.4, 0.5) is 5.82 Å². The molecule has 96 valence electrons. The zero-order valence-corrected chi connectivity index (χ0v) is 10.4. The zero-order valence-electron chi connectivity index (χ0n) is 10.4. The average Bonchev–Trinajstić information content (AvgIpc) is 2.94. The molecule has 0 saturated heterocycles. The van der Waals surface area contributed by atoms with Crippen molar-refractivity contribution in [3.05, 3.63) is 23.9 Å². The Hall–Kier alpha value is -1.58. The van der Waals surface area contributed by atoms with E-state index in [4.69, 9.17) is 5.73 Å². The van der Waals surface area contributed by atoms with E-state index in [0.717, 1.165) is 12.3 Å². The van der Waals surface area contributed by atoms with Gasteiger partial charge in [-0.05, 0) is 43.2 Å². The summed E-state index contributed by atoms with van der Waals surface area (Å²) in [4.78, 5) is 16.2. The van der Waals surface area contributed by atoms with Crippen LogP contribution in [0.3, 0.4) is 0 Å². The molecule has 1 amide bonds. The van der Waals surface area contributed by atoms with Crippen molar-refractivity contribution in [3.63, 3.8) is 0 Å². The summed E-state index contributed by atoms with van der Waals surface area (Å²) in [5.41, 5.74) is 6.03. The third-order valence-corrected chi connectivity index (χ3v) is 4.40. The second kappa shape index (κ2) is 4.59. The van der Waals surface area contributed by atoms with Crippen LogP contribution in [0.1, 0.15) is 42.6 Å². The van der Waals surface area contributed by atoms with E-state index in [1.807, 2.05) is 0 Å². The molecule has 1 heterocycles. The summed E-state index contributed by atoms with van der Waals surface area (Å²) < 4.78 is 0. The smallest absolute Gasteiger partial charge is 0.270 e. The summed E-state index contributed by atoms with van der Waals surface area (Å²) in [6.07, 6.45) is 6.30. The number of amides is 1. The number of hydrogen-bond donors (Lipinski definition) is 2. The Morgan fingerprint density at radius 1 is 1.28 bits per heavy atom. The quantitative estimate of drug-likeness (QED) is 0.837. The first-order valence-corrected chi connectivity index (χ1v) is 6.77. The summed E-state index contributed by atoms with van der Waals surface area (Å²) in [6, 6.07) is 5.52. The molecule has 0 unspecified atom stereocenters. The monoisotopic (exact) mass is 245 g/mol. The van der Waals surface area contributed by atoms with Gasteiger partial charge in [-0.15, -0.1) is 0 Å². The molecule has 1 aromatic rings. The second-order valence-electron chi connectivity index (χ2n) is 5.46. The molecule has 0 bridgehead atoms. The van der Waals surface area contributed by atoms with Gasteiger partial charge in [0.05, 0.1) is 0 Å². The standard InChI is InChI=1S/C14H19N3O/c15-13-6-2-5-12(16-13)14(18)17-11-8-7-9-3-1-4-10(9)11/h2,5-6,9-11H,1,3-4,7-8H2,(H2,15,16)(H,17,18)/t9-,10-,11-/m0/s1. The van der Waals surface area contributed by atoms with Crippen molar-refractivity contribution in [3.8, 4) is 0 Å². The van der Waals surface area contributed by atoms with Crippen LogP contribution in [-0.2, 0) is 0 Å². The molecule has 2 aliphatic carbocycles. The van der Waals surface area contributed by atoms with Crippen LogP contribution in [-0.4, -0.2) is 16.9 Å². The highest BCUT2D eigenvalue weighted by molar-refractivity contribution is 5.92. The number of nitrogen functional groups attached to an aromatic ring is 1. The fourth-order valence-corrected chi connectivity index (χ4v) is 3.56. The predicted octanol–water partition coefficient (Wildman–Crippen LogP) is 1.97. The van der Waals surface area contributed by atoms with E-state index in [1.165, 1.54) is 25.7 Å². The van der Waals surface area contributed by atoms with E-state index >= 15 is 0 Å². The number of hydrogen-bond acceptors (Lipinski definition) is 3. The molecule has 0 aliphatic heterocycles. The van der Waals surface area contributed by atoms with E-state index in [0.29, 0.717) is 23.5 Å². The van der Waals surface area contributed by atoms with Crippen molar-refractivity contribution in [2.24, 2.45) is 11.8 Å². The lowest BCUT2D eigenvalue weighted by Crippen LogP contribution is -2.38. The molecule has 3 rings (SSSR count). The highest BCUT2D eigenvalue weighted by Gasteiger charge is 2.39. The summed E-state index contributed by atoms with van der Waals surface area (Å²) in [5, 5.41) is 3.14. The lowest BCUT2D eigenvalue weighted by Gasteiger charge is -2.19. The first-order chi connectivity index (χ1) is 8.74. The molecule has 18 heavy (non-hydrogen) atoms. The highest BCUT2D eigenvalue weighted by atomic mass is 16.1. The SMILES string of the molecule is Nc1cccc(C(=O)N[C@H]2CC[C@@H]3CCC[C@@H]32)n1. The van der Waals surface area contributed by atoms with Gasteiger partial charge in [0.1, 0.15) is 11.5 Å². The van der Waals surface area contributed by atoms with Crippen molar-refractivity contribution in [2.75, 3.05) is 5.73 Å². The number of fused-ring (bicyclic) bond motifs is 1. The number of anilines is 1. The van der Waals surface area contributed by atoms with Crippen LogP contribution < -0.4 is 11.1 Å². The van der Waals surface area contributed by atoms with Gasteiger partial charge in [-0.3, -0.25) is 4.79 Å². The molecule has 0 spiro atoms. The molecule has 2 aliphatic rings. The van der Waals surface area contributed by atoms with Gasteiger partial charge in [-0.25, -0.2) is 4.98 Å². The molecule has 2 saturated carbocycles. The Bertz CT molecular complexity index is 460. The van der Waals surface area contributed by atoms with Gasteiger partial charge in [-0.1, -0.05) is 18.9 Å².